The summed E-state index contributed by atoms with van der Waals surface area (Å²) < 4.78 is 0. The molecule has 0 atom stereocenters. The first-order chi connectivity index (χ1) is 8.79. The van der Waals surface area contributed by atoms with E-state index in [1.807, 2.05) is 11.3 Å². The molecule has 0 saturated heterocycles. The van der Waals surface area contributed by atoms with Gasteiger partial charge in [0.2, 0.25) is 5.91 Å². The minimum Gasteiger partial charge on any atom is -0.355 e. The monoisotopic (exact) mass is 267 g/mol. The maximum atomic E-state index is 11.2. The Hall–Kier alpha value is -0.940. The van der Waals surface area contributed by atoms with Crippen molar-refractivity contribution in [3.05, 3.63) is 15.6 Å². The lowest BCUT2D eigenvalue weighted by atomic mass is 10.0. The standard InChI is InChI=1S/C13H21N3OS/c1-14-9-12(17)15-8-4-7-13-16-10-5-2-3-6-11(10)18-13/h14H,2-9H2,1H3,(H,15,17). The Kier molecular flexibility index (Phi) is 5.13. The van der Waals surface area contributed by atoms with Crippen molar-refractivity contribution < 1.29 is 4.79 Å². The first-order valence-electron chi connectivity index (χ1n) is 6.68. The fraction of sp³-hybridized carbons (Fsp3) is 0.692. The summed E-state index contributed by atoms with van der Waals surface area (Å²) in [6.45, 7) is 1.14. The molecule has 1 aliphatic carbocycles. The van der Waals surface area contributed by atoms with Gasteiger partial charge in [0.05, 0.1) is 17.2 Å². The first kappa shape index (κ1) is 13.5. The Balaban J connectivity index is 1.70. The number of nitrogens with one attached hydrogen (secondary N) is 2. The fourth-order valence-corrected chi connectivity index (χ4v) is 3.40. The topological polar surface area (TPSA) is 54.0 Å². The zero-order valence-electron chi connectivity index (χ0n) is 10.9. The van der Waals surface area contributed by atoms with Crippen molar-refractivity contribution in [3.8, 4) is 0 Å². The SMILES string of the molecule is CNCC(=O)NCCCc1nc2c(s1)CCCC2. The van der Waals surface area contributed by atoms with Gasteiger partial charge in [-0.3, -0.25) is 4.79 Å². The third-order valence-corrected chi connectivity index (χ3v) is 4.33. The lowest BCUT2D eigenvalue weighted by Crippen LogP contribution is -2.32. The molecule has 0 radical (unpaired) electrons. The maximum absolute atomic E-state index is 11.2. The maximum Gasteiger partial charge on any atom is 0.233 e. The normalized spacial score (nSPS) is 14.3. The molecule has 4 nitrogen and oxygen atoms in total. The van der Waals surface area contributed by atoms with E-state index < -0.39 is 0 Å². The summed E-state index contributed by atoms with van der Waals surface area (Å²) in [5.74, 6) is 0.0657. The van der Waals surface area contributed by atoms with Crippen LogP contribution in [0.15, 0.2) is 0 Å². The molecule has 0 unspecified atom stereocenters. The second-order valence-electron chi connectivity index (χ2n) is 4.67. The second-order valence-corrected chi connectivity index (χ2v) is 5.84. The van der Waals surface area contributed by atoms with Crippen molar-refractivity contribution >= 4 is 17.2 Å². The molecule has 0 fully saturated rings. The molecular weight excluding hydrogens is 246 g/mol. The van der Waals surface area contributed by atoms with Crippen molar-refractivity contribution in [1.82, 2.24) is 15.6 Å². The number of thiazole rings is 1. The van der Waals surface area contributed by atoms with Crippen molar-refractivity contribution in [1.29, 1.82) is 0 Å². The molecule has 2 rings (SSSR count). The van der Waals surface area contributed by atoms with E-state index >= 15 is 0 Å². The average Bonchev–Trinajstić information content (AvgIpc) is 2.77. The summed E-state index contributed by atoms with van der Waals surface area (Å²) in [6.07, 6.45) is 6.93. The number of nitrogens with zero attached hydrogens (tertiary/aromatic N) is 1. The summed E-state index contributed by atoms with van der Waals surface area (Å²) in [6, 6.07) is 0. The van der Waals surface area contributed by atoms with Gasteiger partial charge >= 0.3 is 0 Å². The highest BCUT2D eigenvalue weighted by Crippen LogP contribution is 2.27. The van der Waals surface area contributed by atoms with Crippen LogP contribution in [0.4, 0.5) is 0 Å². The largest absolute Gasteiger partial charge is 0.355 e. The van der Waals surface area contributed by atoms with Crippen molar-refractivity contribution in [2.45, 2.75) is 38.5 Å². The second kappa shape index (κ2) is 6.85. The molecule has 1 aromatic heterocycles. The molecule has 0 spiro atoms. The summed E-state index contributed by atoms with van der Waals surface area (Å²) in [7, 11) is 1.78. The molecule has 2 N–H and O–H groups in total. The van der Waals surface area contributed by atoms with Crippen molar-refractivity contribution in [2.24, 2.45) is 0 Å². The summed E-state index contributed by atoms with van der Waals surface area (Å²) in [5, 5.41) is 6.97. The Morgan fingerprint density at radius 3 is 3.00 bits per heavy atom. The number of fused-ring (bicyclic) bond motifs is 1. The molecule has 18 heavy (non-hydrogen) atoms. The van der Waals surface area contributed by atoms with Gasteiger partial charge in [0, 0.05) is 17.8 Å². The van der Waals surface area contributed by atoms with Gasteiger partial charge in [-0.25, -0.2) is 4.98 Å². The van der Waals surface area contributed by atoms with Gasteiger partial charge in [0.1, 0.15) is 0 Å². The zero-order valence-corrected chi connectivity index (χ0v) is 11.7. The van der Waals surface area contributed by atoms with Crippen molar-refractivity contribution in [3.63, 3.8) is 0 Å². The molecule has 0 aromatic carbocycles. The molecule has 1 heterocycles. The number of rotatable bonds is 6. The van der Waals surface area contributed by atoms with Gasteiger partial charge < -0.3 is 10.6 Å². The number of carbonyl (C=O) groups excluding carboxylic acids is 1. The number of hydrogen-bond acceptors (Lipinski definition) is 4. The highest BCUT2D eigenvalue weighted by Gasteiger charge is 2.14. The quantitative estimate of drug-likeness (QED) is 0.764. The molecule has 5 heteroatoms. The Morgan fingerprint density at radius 1 is 1.39 bits per heavy atom. The summed E-state index contributed by atoms with van der Waals surface area (Å²) in [5.41, 5.74) is 1.33. The lowest BCUT2D eigenvalue weighted by Gasteiger charge is -2.06. The first-order valence-corrected chi connectivity index (χ1v) is 7.50. The van der Waals surface area contributed by atoms with E-state index in [2.05, 4.69) is 10.6 Å². The molecule has 0 aliphatic heterocycles. The van der Waals surface area contributed by atoms with Gasteiger partial charge in [0.25, 0.3) is 0 Å². The minimum absolute atomic E-state index is 0.0657. The smallest absolute Gasteiger partial charge is 0.233 e. The van der Waals surface area contributed by atoms with E-state index in [-0.39, 0.29) is 5.91 Å². The highest BCUT2D eigenvalue weighted by atomic mass is 32.1. The third kappa shape index (κ3) is 3.78. The van der Waals surface area contributed by atoms with Gasteiger partial charge in [-0.05, 0) is 39.2 Å². The summed E-state index contributed by atoms with van der Waals surface area (Å²) >= 11 is 1.87. The van der Waals surface area contributed by atoms with Crippen LogP contribution in [0.1, 0.15) is 34.8 Å². The molecule has 1 aromatic rings. The molecule has 0 saturated carbocycles. The number of carbonyl (C=O) groups is 1. The average molecular weight is 267 g/mol. The fourth-order valence-electron chi connectivity index (χ4n) is 2.20. The van der Waals surface area contributed by atoms with Gasteiger partial charge in [0.15, 0.2) is 0 Å². The Bertz CT molecular complexity index is 379. The number of hydrogen-bond donors (Lipinski definition) is 2. The van der Waals surface area contributed by atoms with Gasteiger partial charge in [-0.1, -0.05) is 0 Å². The van der Waals surface area contributed by atoms with E-state index in [1.165, 1.54) is 34.8 Å². The van der Waals surface area contributed by atoms with Crippen LogP contribution in [0.2, 0.25) is 0 Å². The van der Waals surface area contributed by atoms with E-state index in [0.29, 0.717) is 6.54 Å². The molecule has 100 valence electrons. The van der Waals surface area contributed by atoms with Crippen LogP contribution in [0.25, 0.3) is 0 Å². The zero-order chi connectivity index (χ0) is 12.8. The minimum atomic E-state index is 0.0657. The Morgan fingerprint density at radius 2 is 2.22 bits per heavy atom. The highest BCUT2D eigenvalue weighted by molar-refractivity contribution is 7.11. The number of aryl methyl sites for hydroxylation is 3. The summed E-state index contributed by atoms with van der Waals surface area (Å²) in [4.78, 5) is 17.4. The molecule has 1 amide bonds. The molecule has 1 aliphatic rings. The van der Waals surface area contributed by atoms with Crippen LogP contribution >= 0.6 is 11.3 Å². The van der Waals surface area contributed by atoms with Crippen LogP contribution in [0, 0.1) is 0 Å². The van der Waals surface area contributed by atoms with E-state index in [1.54, 1.807) is 7.05 Å². The van der Waals surface area contributed by atoms with Gasteiger partial charge in [-0.2, -0.15) is 0 Å². The van der Waals surface area contributed by atoms with Crippen LogP contribution < -0.4 is 10.6 Å². The molecular formula is C13H21N3OS. The Labute approximate surface area is 112 Å². The van der Waals surface area contributed by atoms with Gasteiger partial charge in [-0.15, -0.1) is 11.3 Å². The van der Waals surface area contributed by atoms with Crippen LogP contribution in [-0.4, -0.2) is 31.0 Å². The third-order valence-electron chi connectivity index (χ3n) is 3.12. The predicted molar refractivity (Wildman–Crippen MR) is 74.0 cm³/mol. The predicted octanol–water partition coefficient (Wildman–Crippen LogP) is 1.29. The number of likely N-dealkylation sites (N-methyl/N-ethyl adjacent to an activating group) is 1. The molecule has 0 bridgehead atoms. The van der Waals surface area contributed by atoms with E-state index in [4.69, 9.17) is 4.98 Å². The van der Waals surface area contributed by atoms with E-state index in [9.17, 15) is 4.79 Å². The number of aromatic nitrogens is 1. The van der Waals surface area contributed by atoms with Crippen LogP contribution in [0.3, 0.4) is 0 Å². The van der Waals surface area contributed by atoms with Crippen molar-refractivity contribution in [2.75, 3.05) is 20.1 Å². The lowest BCUT2D eigenvalue weighted by molar-refractivity contribution is -0.120. The van der Waals surface area contributed by atoms with Crippen LogP contribution in [-0.2, 0) is 24.1 Å². The number of amides is 1. The van der Waals surface area contributed by atoms with E-state index in [0.717, 1.165) is 25.8 Å². The van der Waals surface area contributed by atoms with Crippen LogP contribution in [0.5, 0.6) is 0 Å².